The molecule has 0 fully saturated rings. The summed E-state index contributed by atoms with van der Waals surface area (Å²) in [6.45, 7) is 10.9. The van der Waals surface area contributed by atoms with E-state index in [2.05, 4.69) is 19.6 Å². The molecule has 0 radical (unpaired) electrons. The van der Waals surface area contributed by atoms with Gasteiger partial charge in [0, 0.05) is 0 Å². The first-order chi connectivity index (χ1) is 5.83. The molecule has 0 aliphatic heterocycles. The van der Waals surface area contributed by atoms with E-state index in [-0.39, 0.29) is 11.9 Å². The zero-order chi connectivity index (χ0) is 10.5. The second-order valence-electron chi connectivity index (χ2n) is 4.28. The Bertz CT molecular complexity index is 161. The Hall–Kier alpha value is -0.353. The van der Waals surface area contributed by atoms with E-state index < -0.39 is 8.32 Å². The lowest BCUT2D eigenvalue weighted by Gasteiger charge is -2.17. The van der Waals surface area contributed by atoms with Crippen LogP contribution in [0.3, 0.4) is 0 Å². The maximum atomic E-state index is 11.0. The van der Waals surface area contributed by atoms with Gasteiger partial charge in [-0.3, -0.25) is 4.79 Å². The van der Waals surface area contributed by atoms with Crippen LogP contribution >= 0.6 is 0 Å². The van der Waals surface area contributed by atoms with Crippen LogP contribution in [-0.2, 0) is 14.0 Å². The van der Waals surface area contributed by atoms with Crippen molar-refractivity contribution in [3.05, 3.63) is 0 Å². The van der Waals surface area contributed by atoms with Crippen molar-refractivity contribution in [3.8, 4) is 0 Å². The normalized spacial score (nSPS) is 11.8. The van der Waals surface area contributed by atoms with Crippen molar-refractivity contribution < 1.29 is 14.0 Å². The number of esters is 1. The first-order valence-corrected chi connectivity index (χ1v) is 8.04. The largest absolute Gasteiger partial charge is 0.463 e. The van der Waals surface area contributed by atoms with Gasteiger partial charge in [-0.2, -0.15) is 0 Å². The lowest BCUT2D eigenvalue weighted by molar-refractivity contribution is -0.148. The van der Waals surface area contributed by atoms with Crippen molar-refractivity contribution in [2.24, 2.45) is 5.92 Å². The van der Waals surface area contributed by atoms with Crippen molar-refractivity contribution in [2.75, 3.05) is 13.2 Å². The minimum absolute atomic E-state index is 0.0492. The zero-order valence-corrected chi connectivity index (χ0v) is 10.2. The average Bonchev–Trinajstić information content (AvgIpc) is 1.95. The van der Waals surface area contributed by atoms with E-state index in [1.165, 1.54) is 0 Å². The van der Waals surface area contributed by atoms with Crippen LogP contribution in [0.4, 0.5) is 0 Å². The lowest BCUT2D eigenvalue weighted by Crippen LogP contribution is -2.28. The van der Waals surface area contributed by atoms with Gasteiger partial charge in [0.25, 0.3) is 0 Å². The third-order valence-electron chi connectivity index (χ3n) is 1.33. The van der Waals surface area contributed by atoms with Crippen molar-refractivity contribution in [3.63, 3.8) is 0 Å². The molecule has 0 heterocycles. The maximum absolute atomic E-state index is 11.0. The highest BCUT2D eigenvalue weighted by Crippen LogP contribution is 2.02. The van der Waals surface area contributed by atoms with E-state index in [4.69, 9.17) is 9.16 Å². The number of hydrogen-bond acceptors (Lipinski definition) is 3. The molecule has 0 spiro atoms. The third-order valence-corrected chi connectivity index (χ3v) is 2.40. The van der Waals surface area contributed by atoms with Gasteiger partial charge in [-0.05, 0) is 19.6 Å². The van der Waals surface area contributed by atoms with Gasteiger partial charge >= 0.3 is 5.97 Å². The van der Waals surface area contributed by atoms with Crippen molar-refractivity contribution in [1.82, 2.24) is 0 Å². The van der Waals surface area contributed by atoms with Crippen LogP contribution in [-0.4, -0.2) is 27.5 Å². The third kappa shape index (κ3) is 7.99. The van der Waals surface area contributed by atoms with Crippen LogP contribution in [0, 0.1) is 5.92 Å². The topological polar surface area (TPSA) is 35.5 Å². The molecule has 0 amide bonds. The predicted molar refractivity (Wildman–Crippen MR) is 55.1 cm³/mol. The first-order valence-electron chi connectivity index (χ1n) is 4.63. The monoisotopic (exact) mass is 204 g/mol. The van der Waals surface area contributed by atoms with E-state index in [1.54, 1.807) is 0 Å². The second-order valence-corrected chi connectivity index (χ2v) is 8.80. The molecule has 0 saturated heterocycles. The zero-order valence-electron chi connectivity index (χ0n) is 9.22. The highest BCUT2D eigenvalue weighted by atomic mass is 28.4. The summed E-state index contributed by atoms with van der Waals surface area (Å²) in [6.07, 6.45) is 0. The molecule has 0 aromatic heterocycles. The predicted octanol–water partition coefficient (Wildman–Crippen LogP) is 2.04. The van der Waals surface area contributed by atoms with Gasteiger partial charge in [0.05, 0.1) is 12.5 Å². The molecular weight excluding hydrogens is 184 g/mol. The molecule has 78 valence electrons. The Morgan fingerprint density at radius 2 is 1.77 bits per heavy atom. The highest BCUT2D eigenvalue weighted by molar-refractivity contribution is 6.69. The molecule has 0 aliphatic carbocycles. The number of carbonyl (C=O) groups is 1. The number of carbonyl (C=O) groups excluding carboxylic acids is 1. The standard InChI is InChI=1S/C9H20O3Si/c1-8(2)9(10)11-6-7-12-13(3,4)5/h8H,6-7H2,1-5H3. The van der Waals surface area contributed by atoms with Gasteiger partial charge in [0.1, 0.15) is 6.61 Å². The molecule has 13 heavy (non-hydrogen) atoms. The summed E-state index contributed by atoms with van der Waals surface area (Å²) in [5.74, 6) is -0.203. The summed E-state index contributed by atoms with van der Waals surface area (Å²) < 4.78 is 10.5. The van der Waals surface area contributed by atoms with Gasteiger partial charge < -0.3 is 9.16 Å². The van der Waals surface area contributed by atoms with Gasteiger partial charge in [-0.15, -0.1) is 0 Å². The molecular formula is C9H20O3Si. The second kappa shape index (κ2) is 5.39. The van der Waals surface area contributed by atoms with Crippen LogP contribution in [0.2, 0.25) is 19.6 Å². The summed E-state index contributed by atoms with van der Waals surface area (Å²) in [5, 5.41) is 0. The molecule has 0 aromatic rings. The molecule has 0 aromatic carbocycles. The SMILES string of the molecule is CC(C)C(=O)OCCO[Si](C)(C)C. The Balaban J connectivity index is 3.42. The quantitative estimate of drug-likeness (QED) is 0.390. The maximum Gasteiger partial charge on any atom is 0.308 e. The summed E-state index contributed by atoms with van der Waals surface area (Å²) >= 11 is 0. The van der Waals surface area contributed by atoms with Gasteiger partial charge in [-0.25, -0.2) is 0 Å². The molecule has 0 saturated carbocycles. The van der Waals surface area contributed by atoms with Crippen molar-refractivity contribution >= 4 is 14.3 Å². The van der Waals surface area contributed by atoms with E-state index >= 15 is 0 Å². The van der Waals surface area contributed by atoms with E-state index in [0.29, 0.717) is 13.2 Å². The lowest BCUT2D eigenvalue weighted by atomic mass is 10.2. The van der Waals surface area contributed by atoms with Crippen molar-refractivity contribution in [1.29, 1.82) is 0 Å². The van der Waals surface area contributed by atoms with E-state index in [9.17, 15) is 4.79 Å². The fraction of sp³-hybridized carbons (Fsp3) is 0.889. The van der Waals surface area contributed by atoms with Crippen LogP contribution in [0.1, 0.15) is 13.8 Å². The summed E-state index contributed by atoms with van der Waals surface area (Å²) in [4.78, 5) is 11.0. The Kier molecular flexibility index (Phi) is 5.25. The minimum atomic E-state index is -1.45. The van der Waals surface area contributed by atoms with Crippen LogP contribution in [0.15, 0.2) is 0 Å². The molecule has 0 aliphatic rings. The van der Waals surface area contributed by atoms with Crippen LogP contribution in [0.5, 0.6) is 0 Å². The van der Waals surface area contributed by atoms with E-state index in [0.717, 1.165) is 0 Å². The number of hydrogen-bond donors (Lipinski definition) is 0. The van der Waals surface area contributed by atoms with Gasteiger partial charge in [0.2, 0.25) is 0 Å². The van der Waals surface area contributed by atoms with Crippen LogP contribution in [0.25, 0.3) is 0 Å². The Labute approximate surface area is 81.6 Å². The van der Waals surface area contributed by atoms with Crippen LogP contribution < -0.4 is 0 Å². The first kappa shape index (κ1) is 12.6. The van der Waals surface area contributed by atoms with Crippen molar-refractivity contribution in [2.45, 2.75) is 33.5 Å². The highest BCUT2D eigenvalue weighted by Gasteiger charge is 2.14. The Morgan fingerprint density at radius 3 is 2.15 bits per heavy atom. The Morgan fingerprint density at radius 1 is 1.23 bits per heavy atom. The molecule has 3 nitrogen and oxygen atoms in total. The van der Waals surface area contributed by atoms with Gasteiger partial charge in [-0.1, -0.05) is 13.8 Å². The fourth-order valence-electron chi connectivity index (χ4n) is 0.657. The van der Waals surface area contributed by atoms with Gasteiger partial charge in [0.15, 0.2) is 8.32 Å². The summed E-state index contributed by atoms with van der Waals surface area (Å²) in [6, 6.07) is 0. The van der Waals surface area contributed by atoms with E-state index in [1.807, 2.05) is 13.8 Å². The molecule has 0 bridgehead atoms. The smallest absolute Gasteiger partial charge is 0.308 e. The number of rotatable bonds is 5. The molecule has 4 heteroatoms. The summed E-state index contributed by atoms with van der Waals surface area (Å²) in [7, 11) is -1.45. The average molecular weight is 204 g/mol. The molecule has 0 atom stereocenters. The molecule has 0 unspecified atom stereocenters. The molecule has 0 N–H and O–H groups in total. The molecule has 0 rings (SSSR count). The fourth-order valence-corrected chi connectivity index (χ4v) is 1.35. The minimum Gasteiger partial charge on any atom is -0.463 e. The number of ether oxygens (including phenoxy) is 1. The summed E-state index contributed by atoms with van der Waals surface area (Å²) in [5.41, 5.74) is 0.